The van der Waals surface area contributed by atoms with Gasteiger partial charge in [-0.25, -0.2) is 0 Å². The van der Waals surface area contributed by atoms with Crippen LogP contribution in [0, 0.1) is 12.8 Å². The van der Waals surface area contributed by atoms with Gasteiger partial charge in [0.2, 0.25) is 0 Å². The van der Waals surface area contributed by atoms with Gasteiger partial charge in [0, 0.05) is 18.6 Å². The number of nitrogens with one attached hydrogen (secondary N) is 2. The Kier molecular flexibility index (Phi) is 4.74. The van der Waals surface area contributed by atoms with Crippen LogP contribution in [0.4, 0.5) is 0 Å². The van der Waals surface area contributed by atoms with Crippen LogP contribution < -0.4 is 10.6 Å². The number of piperidine rings is 1. The summed E-state index contributed by atoms with van der Waals surface area (Å²) in [6.07, 6.45) is 8.32. The highest BCUT2D eigenvalue weighted by Gasteiger charge is 2.33. The molecule has 0 spiro atoms. The van der Waals surface area contributed by atoms with Crippen molar-refractivity contribution in [2.45, 2.75) is 64.1 Å². The van der Waals surface area contributed by atoms with Gasteiger partial charge < -0.3 is 10.6 Å². The average molecular weight is 272 g/mol. The van der Waals surface area contributed by atoms with Crippen LogP contribution in [-0.4, -0.2) is 18.6 Å². The number of hydrogen-bond acceptors (Lipinski definition) is 2. The Labute approximate surface area is 123 Å². The lowest BCUT2D eigenvalue weighted by molar-refractivity contribution is 0.257. The molecule has 0 radical (unpaired) electrons. The minimum Gasteiger partial charge on any atom is -0.314 e. The topological polar surface area (TPSA) is 24.1 Å². The molecule has 1 saturated carbocycles. The fraction of sp³-hybridized carbons (Fsp3) is 0.667. The van der Waals surface area contributed by atoms with Crippen molar-refractivity contribution in [2.75, 3.05) is 6.54 Å². The fourth-order valence-electron chi connectivity index (χ4n) is 4.02. The van der Waals surface area contributed by atoms with Gasteiger partial charge in [0.25, 0.3) is 0 Å². The first-order chi connectivity index (χ1) is 9.84. The molecule has 1 heterocycles. The van der Waals surface area contributed by atoms with Gasteiger partial charge in [-0.3, -0.25) is 0 Å². The lowest BCUT2D eigenvalue weighted by Gasteiger charge is -2.33. The van der Waals surface area contributed by atoms with Gasteiger partial charge in [0.1, 0.15) is 0 Å². The monoisotopic (exact) mass is 272 g/mol. The zero-order chi connectivity index (χ0) is 13.8. The third-order valence-corrected chi connectivity index (χ3v) is 5.25. The fourth-order valence-corrected chi connectivity index (χ4v) is 4.02. The first kappa shape index (κ1) is 14.1. The van der Waals surface area contributed by atoms with Crippen LogP contribution in [-0.2, 0) is 6.54 Å². The van der Waals surface area contributed by atoms with Crippen molar-refractivity contribution < 1.29 is 0 Å². The number of benzene rings is 1. The van der Waals surface area contributed by atoms with E-state index in [2.05, 4.69) is 41.8 Å². The van der Waals surface area contributed by atoms with Crippen LogP contribution >= 0.6 is 0 Å². The Balaban J connectivity index is 1.57. The van der Waals surface area contributed by atoms with Crippen molar-refractivity contribution >= 4 is 0 Å². The molecule has 1 aromatic rings. The van der Waals surface area contributed by atoms with Gasteiger partial charge in [0.15, 0.2) is 0 Å². The average Bonchev–Trinajstić information content (AvgIpc) is 2.96. The van der Waals surface area contributed by atoms with Crippen LogP contribution in [0.2, 0.25) is 0 Å². The summed E-state index contributed by atoms with van der Waals surface area (Å²) in [6.45, 7) is 4.47. The van der Waals surface area contributed by atoms with Crippen LogP contribution in [0.3, 0.4) is 0 Å². The molecule has 1 aromatic carbocycles. The highest BCUT2D eigenvalue weighted by molar-refractivity contribution is 5.25. The van der Waals surface area contributed by atoms with Crippen LogP contribution in [0.1, 0.15) is 49.7 Å². The van der Waals surface area contributed by atoms with Crippen molar-refractivity contribution in [2.24, 2.45) is 5.92 Å². The summed E-state index contributed by atoms with van der Waals surface area (Å²) in [5.74, 6) is 0.847. The van der Waals surface area contributed by atoms with E-state index in [1.807, 2.05) is 0 Å². The molecule has 20 heavy (non-hydrogen) atoms. The lowest BCUT2D eigenvalue weighted by Crippen LogP contribution is -2.46. The van der Waals surface area contributed by atoms with Crippen LogP contribution in [0.5, 0.6) is 0 Å². The van der Waals surface area contributed by atoms with Crippen molar-refractivity contribution in [3.63, 3.8) is 0 Å². The first-order valence-corrected chi connectivity index (χ1v) is 8.36. The van der Waals surface area contributed by atoms with E-state index in [-0.39, 0.29) is 0 Å². The van der Waals surface area contributed by atoms with Gasteiger partial charge in [-0.15, -0.1) is 0 Å². The molecule has 2 heteroatoms. The molecule has 3 rings (SSSR count). The highest BCUT2D eigenvalue weighted by atomic mass is 15.0. The third kappa shape index (κ3) is 3.24. The Morgan fingerprint density at radius 2 is 2.00 bits per heavy atom. The second-order valence-electron chi connectivity index (χ2n) is 6.57. The summed E-state index contributed by atoms with van der Waals surface area (Å²) in [5, 5.41) is 7.61. The standard InChI is InChI=1S/C18H28N2/c1-14-7-2-3-8-15(14)13-20-18-11-6-9-16(18)17-10-4-5-12-19-17/h2-3,7-8,16-20H,4-6,9-13H2,1H3. The van der Waals surface area contributed by atoms with Crippen LogP contribution in [0.25, 0.3) is 0 Å². The highest BCUT2D eigenvalue weighted by Crippen LogP contribution is 2.32. The van der Waals surface area contributed by atoms with Crippen molar-refractivity contribution in [3.05, 3.63) is 35.4 Å². The van der Waals surface area contributed by atoms with Crippen LogP contribution in [0.15, 0.2) is 24.3 Å². The maximum absolute atomic E-state index is 3.85. The third-order valence-electron chi connectivity index (χ3n) is 5.25. The molecule has 110 valence electrons. The normalized spacial score (nSPS) is 30.6. The molecule has 0 aromatic heterocycles. The Morgan fingerprint density at radius 1 is 1.10 bits per heavy atom. The molecule has 1 aliphatic carbocycles. The number of aryl methyl sites for hydroxylation is 1. The second-order valence-corrected chi connectivity index (χ2v) is 6.57. The summed E-state index contributed by atoms with van der Waals surface area (Å²) in [7, 11) is 0. The van der Waals surface area contributed by atoms with Gasteiger partial charge in [-0.05, 0) is 56.2 Å². The van der Waals surface area contributed by atoms with E-state index in [9.17, 15) is 0 Å². The Hall–Kier alpha value is -0.860. The molecule has 2 aliphatic rings. The summed E-state index contributed by atoms with van der Waals surface area (Å²) in [5.41, 5.74) is 2.86. The van der Waals surface area contributed by atoms with Crippen molar-refractivity contribution in [1.82, 2.24) is 10.6 Å². The predicted molar refractivity (Wildman–Crippen MR) is 84.8 cm³/mol. The zero-order valence-electron chi connectivity index (χ0n) is 12.7. The van der Waals surface area contributed by atoms with E-state index in [4.69, 9.17) is 0 Å². The smallest absolute Gasteiger partial charge is 0.0210 e. The summed E-state index contributed by atoms with van der Waals surface area (Å²) < 4.78 is 0. The van der Waals surface area contributed by atoms with Gasteiger partial charge in [-0.1, -0.05) is 37.1 Å². The largest absolute Gasteiger partial charge is 0.314 e. The molecule has 0 amide bonds. The zero-order valence-corrected chi connectivity index (χ0v) is 12.7. The summed E-state index contributed by atoms with van der Waals surface area (Å²) >= 11 is 0. The molecular weight excluding hydrogens is 244 g/mol. The maximum atomic E-state index is 3.85. The molecule has 3 atom stereocenters. The Morgan fingerprint density at radius 3 is 2.80 bits per heavy atom. The second kappa shape index (κ2) is 6.73. The predicted octanol–water partition coefficient (Wildman–Crippen LogP) is 3.40. The minimum absolute atomic E-state index is 0.713. The number of hydrogen-bond donors (Lipinski definition) is 2. The molecule has 2 fully saturated rings. The van der Waals surface area contributed by atoms with E-state index in [0.29, 0.717) is 6.04 Å². The number of rotatable bonds is 4. The SMILES string of the molecule is Cc1ccccc1CNC1CCCC1C1CCCCN1. The molecule has 1 aliphatic heterocycles. The van der Waals surface area contributed by atoms with E-state index in [0.717, 1.165) is 18.5 Å². The molecule has 3 unspecified atom stereocenters. The van der Waals surface area contributed by atoms with E-state index >= 15 is 0 Å². The van der Waals surface area contributed by atoms with Crippen molar-refractivity contribution in [1.29, 1.82) is 0 Å². The molecular formula is C18H28N2. The van der Waals surface area contributed by atoms with Crippen molar-refractivity contribution in [3.8, 4) is 0 Å². The van der Waals surface area contributed by atoms with E-state index in [1.54, 1.807) is 0 Å². The van der Waals surface area contributed by atoms with Gasteiger partial charge in [-0.2, -0.15) is 0 Å². The molecule has 0 bridgehead atoms. The Bertz CT molecular complexity index is 423. The first-order valence-electron chi connectivity index (χ1n) is 8.36. The molecule has 1 saturated heterocycles. The minimum atomic E-state index is 0.713. The van der Waals surface area contributed by atoms with Gasteiger partial charge >= 0.3 is 0 Å². The van der Waals surface area contributed by atoms with E-state index in [1.165, 1.54) is 56.2 Å². The maximum Gasteiger partial charge on any atom is 0.0210 e. The van der Waals surface area contributed by atoms with E-state index < -0.39 is 0 Å². The van der Waals surface area contributed by atoms with Gasteiger partial charge in [0.05, 0.1) is 0 Å². The molecule has 2 N–H and O–H groups in total. The lowest BCUT2D eigenvalue weighted by atomic mass is 9.88. The molecule has 2 nitrogen and oxygen atoms in total. The summed E-state index contributed by atoms with van der Waals surface area (Å²) in [4.78, 5) is 0. The summed E-state index contributed by atoms with van der Waals surface area (Å²) in [6, 6.07) is 10.2. The quantitative estimate of drug-likeness (QED) is 0.878.